The highest BCUT2D eigenvalue weighted by atomic mass is 16.2. The third-order valence-electron chi connectivity index (χ3n) is 5.63. The second-order valence-corrected chi connectivity index (χ2v) is 7.74. The molecule has 1 aliphatic carbocycles. The van der Waals surface area contributed by atoms with Crippen LogP contribution in [0.1, 0.15) is 36.2 Å². The molecule has 2 aromatic rings. The van der Waals surface area contributed by atoms with E-state index in [4.69, 9.17) is 0 Å². The van der Waals surface area contributed by atoms with Crippen LogP contribution in [0.25, 0.3) is 0 Å². The van der Waals surface area contributed by atoms with Crippen LogP contribution in [0, 0.1) is 25.7 Å². The first-order valence-corrected chi connectivity index (χ1v) is 9.61. The molecule has 0 bridgehead atoms. The van der Waals surface area contributed by atoms with Crippen LogP contribution in [0.5, 0.6) is 0 Å². The molecule has 1 atom stereocenters. The lowest BCUT2D eigenvalue weighted by Crippen LogP contribution is -2.33. The summed E-state index contributed by atoms with van der Waals surface area (Å²) in [5, 5.41) is 14.4. The van der Waals surface area contributed by atoms with Crippen LogP contribution in [0.15, 0.2) is 17.1 Å². The van der Waals surface area contributed by atoms with Gasteiger partial charge in [-0.1, -0.05) is 0 Å². The van der Waals surface area contributed by atoms with Crippen molar-refractivity contribution in [2.24, 2.45) is 11.8 Å². The van der Waals surface area contributed by atoms with E-state index in [1.807, 2.05) is 13.8 Å². The van der Waals surface area contributed by atoms with Crippen molar-refractivity contribution in [2.45, 2.75) is 46.2 Å². The van der Waals surface area contributed by atoms with Crippen LogP contribution in [-0.2, 0) is 17.9 Å². The highest BCUT2D eigenvalue weighted by Gasteiger charge is 2.29. The summed E-state index contributed by atoms with van der Waals surface area (Å²) in [6.45, 7) is 6.47. The van der Waals surface area contributed by atoms with E-state index in [0.29, 0.717) is 19.0 Å². The number of rotatable bonds is 6. The molecular weight excluding hydrogens is 344 g/mol. The Hall–Kier alpha value is -2.64. The Morgan fingerprint density at radius 3 is 2.81 bits per heavy atom. The Morgan fingerprint density at radius 1 is 1.33 bits per heavy atom. The van der Waals surface area contributed by atoms with Crippen LogP contribution >= 0.6 is 0 Å². The Labute approximate surface area is 158 Å². The third-order valence-corrected chi connectivity index (χ3v) is 5.63. The van der Waals surface area contributed by atoms with Crippen molar-refractivity contribution in [3.63, 3.8) is 0 Å². The number of H-pyrrole nitrogens is 1. The second-order valence-electron chi connectivity index (χ2n) is 7.74. The largest absolute Gasteiger partial charge is 0.369 e. The summed E-state index contributed by atoms with van der Waals surface area (Å²) in [6.07, 6.45) is 4.91. The predicted octanol–water partition coefficient (Wildman–Crippen LogP) is 1.14. The van der Waals surface area contributed by atoms with Crippen LogP contribution in [0.2, 0.25) is 0 Å². The summed E-state index contributed by atoms with van der Waals surface area (Å²) in [6, 6.07) is 1.65. The molecule has 1 saturated heterocycles. The number of carbonyl (C=O) groups is 1. The first kappa shape index (κ1) is 17.8. The number of nitrogens with zero attached hydrogens (tertiary/aromatic N) is 4. The van der Waals surface area contributed by atoms with Crippen molar-refractivity contribution in [2.75, 3.05) is 18.0 Å². The maximum Gasteiger partial charge on any atom is 0.268 e. The molecule has 0 aromatic carbocycles. The SMILES string of the molecule is Cc1n[nH]c(C)c1CNC(=O)C1CCN(c2cnn(CC3CC3)c(=O)c2)C1. The van der Waals surface area contributed by atoms with Gasteiger partial charge in [-0.25, -0.2) is 4.68 Å². The molecule has 27 heavy (non-hydrogen) atoms. The van der Waals surface area contributed by atoms with Gasteiger partial charge >= 0.3 is 0 Å². The number of hydrogen-bond acceptors (Lipinski definition) is 5. The van der Waals surface area contributed by atoms with Crippen molar-refractivity contribution in [3.05, 3.63) is 39.6 Å². The molecule has 3 heterocycles. The van der Waals surface area contributed by atoms with E-state index in [9.17, 15) is 9.59 Å². The highest BCUT2D eigenvalue weighted by Crippen LogP contribution is 2.30. The molecule has 8 heteroatoms. The van der Waals surface area contributed by atoms with Gasteiger partial charge in [0.15, 0.2) is 0 Å². The normalized spacial score (nSPS) is 19.5. The van der Waals surface area contributed by atoms with Crippen LogP contribution < -0.4 is 15.8 Å². The van der Waals surface area contributed by atoms with Gasteiger partial charge in [0.1, 0.15) is 0 Å². The fraction of sp³-hybridized carbons (Fsp3) is 0.579. The molecule has 2 N–H and O–H groups in total. The first-order chi connectivity index (χ1) is 13.0. The molecular formula is C19H26N6O2. The van der Waals surface area contributed by atoms with Gasteiger partial charge in [-0.15, -0.1) is 0 Å². The minimum absolute atomic E-state index is 0.0486. The maximum atomic E-state index is 12.5. The average Bonchev–Trinajstić information content (AvgIpc) is 3.22. The molecule has 144 valence electrons. The molecule has 1 amide bonds. The van der Waals surface area contributed by atoms with Crippen molar-refractivity contribution >= 4 is 11.6 Å². The molecule has 2 aliphatic rings. The van der Waals surface area contributed by atoms with Crippen molar-refractivity contribution in [1.29, 1.82) is 0 Å². The Bertz CT molecular complexity index is 878. The molecule has 1 saturated carbocycles. The quantitative estimate of drug-likeness (QED) is 0.795. The van der Waals surface area contributed by atoms with Gasteiger partial charge < -0.3 is 10.2 Å². The second kappa shape index (κ2) is 7.17. The van der Waals surface area contributed by atoms with Gasteiger partial charge in [0.25, 0.3) is 5.56 Å². The van der Waals surface area contributed by atoms with Gasteiger partial charge in [0, 0.05) is 43.5 Å². The fourth-order valence-corrected chi connectivity index (χ4v) is 3.64. The zero-order chi connectivity index (χ0) is 19.0. The number of carbonyl (C=O) groups excluding carboxylic acids is 1. The van der Waals surface area contributed by atoms with Crippen molar-refractivity contribution in [1.82, 2.24) is 25.3 Å². The minimum Gasteiger partial charge on any atom is -0.369 e. The van der Waals surface area contributed by atoms with Gasteiger partial charge in [-0.3, -0.25) is 14.7 Å². The summed E-state index contributed by atoms with van der Waals surface area (Å²) in [5.41, 5.74) is 3.70. The standard InChI is InChI=1S/C19H26N6O2/c1-12-17(13(2)23-22-12)9-20-19(27)15-5-6-24(11-15)16-7-18(26)25(21-8-16)10-14-3-4-14/h7-8,14-15H,3-6,9-11H2,1-2H3,(H,20,27)(H,22,23). The third kappa shape index (κ3) is 3.89. The number of aryl methyl sites for hydroxylation is 2. The number of anilines is 1. The molecule has 0 spiro atoms. The lowest BCUT2D eigenvalue weighted by molar-refractivity contribution is -0.124. The van der Waals surface area contributed by atoms with Gasteiger partial charge in [-0.2, -0.15) is 10.2 Å². The molecule has 1 unspecified atom stereocenters. The summed E-state index contributed by atoms with van der Waals surface area (Å²) in [5.74, 6) is 0.586. The van der Waals surface area contributed by atoms with E-state index in [-0.39, 0.29) is 17.4 Å². The lowest BCUT2D eigenvalue weighted by atomic mass is 10.1. The summed E-state index contributed by atoms with van der Waals surface area (Å²) in [7, 11) is 0. The van der Waals surface area contributed by atoms with E-state index in [0.717, 1.165) is 42.1 Å². The topological polar surface area (TPSA) is 95.9 Å². The predicted molar refractivity (Wildman–Crippen MR) is 101 cm³/mol. The average molecular weight is 370 g/mol. The van der Waals surface area contributed by atoms with Gasteiger partial charge in [-0.05, 0) is 39.0 Å². The molecule has 2 fully saturated rings. The first-order valence-electron chi connectivity index (χ1n) is 9.61. The van der Waals surface area contributed by atoms with Gasteiger partial charge in [0.05, 0.1) is 23.5 Å². The Balaban J connectivity index is 1.34. The zero-order valence-corrected chi connectivity index (χ0v) is 15.9. The molecule has 2 aromatic heterocycles. The van der Waals surface area contributed by atoms with E-state index >= 15 is 0 Å². The summed E-state index contributed by atoms with van der Waals surface area (Å²) in [4.78, 5) is 26.9. The van der Waals surface area contributed by atoms with Crippen LogP contribution in [-0.4, -0.2) is 39.0 Å². The van der Waals surface area contributed by atoms with Gasteiger partial charge in [0.2, 0.25) is 5.91 Å². The minimum atomic E-state index is -0.0774. The lowest BCUT2D eigenvalue weighted by Gasteiger charge is -2.18. The Morgan fingerprint density at radius 2 is 2.15 bits per heavy atom. The molecule has 1 aliphatic heterocycles. The highest BCUT2D eigenvalue weighted by molar-refractivity contribution is 5.80. The van der Waals surface area contributed by atoms with Crippen molar-refractivity contribution < 1.29 is 4.79 Å². The number of aromatic amines is 1. The molecule has 0 radical (unpaired) electrons. The smallest absolute Gasteiger partial charge is 0.268 e. The van der Waals surface area contributed by atoms with Crippen LogP contribution in [0.3, 0.4) is 0 Å². The monoisotopic (exact) mass is 370 g/mol. The Kier molecular flexibility index (Phi) is 4.72. The van der Waals surface area contributed by atoms with E-state index in [2.05, 4.69) is 25.5 Å². The zero-order valence-electron chi connectivity index (χ0n) is 15.9. The van der Waals surface area contributed by atoms with E-state index in [1.165, 1.54) is 12.8 Å². The summed E-state index contributed by atoms with van der Waals surface area (Å²) >= 11 is 0. The fourth-order valence-electron chi connectivity index (χ4n) is 3.64. The number of hydrogen-bond donors (Lipinski definition) is 2. The number of nitrogens with one attached hydrogen (secondary N) is 2. The molecule has 8 nitrogen and oxygen atoms in total. The summed E-state index contributed by atoms with van der Waals surface area (Å²) < 4.78 is 1.55. The number of aromatic nitrogens is 4. The van der Waals surface area contributed by atoms with Crippen molar-refractivity contribution in [3.8, 4) is 0 Å². The number of amides is 1. The van der Waals surface area contributed by atoms with E-state index < -0.39 is 0 Å². The van der Waals surface area contributed by atoms with Crippen LogP contribution in [0.4, 0.5) is 5.69 Å². The maximum absolute atomic E-state index is 12.5. The molecule has 4 rings (SSSR count). The van der Waals surface area contributed by atoms with E-state index in [1.54, 1.807) is 16.9 Å².